The lowest BCUT2D eigenvalue weighted by Crippen LogP contribution is -2.38. The number of nitrogens with one attached hydrogen (secondary N) is 2. The molecule has 1 aromatic heterocycles. The summed E-state index contributed by atoms with van der Waals surface area (Å²) < 4.78 is 27.3. The van der Waals surface area contributed by atoms with Crippen LogP contribution in [0.4, 0.5) is 0 Å². The lowest BCUT2D eigenvalue weighted by atomic mass is 10.0. The highest BCUT2D eigenvalue weighted by Crippen LogP contribution is 2.26. The Morgan fingerprint density at radius 3 is 2.67 bits per heavy atom. The molecule has 1 saturated heterocycles. The van der Waals surface area contributed by atoms with Crippen molar-refractivity contribution in [3.05, 3.63) is 11.4 Å². The van der Waals surface area contributed by atoms with Gasteiger partial charge in [-0.15, -0.1) is 0 Å². The van der Waals surface area contributed by atoms with E-state index in [2.05, 4.69) is 29.4 Å². The van der Waals surface area contributed by atoms with Crippen LogP contribution in [-0.4, -0.2) is 42.6 Å². The summed E-state index contributed by atoms with van der Waals surface area (Å²) >= 11 is 0. The van der Waals surface area contributed by atoms with Gasteiger partial charge in [-0.05, 0) is 38.6 Å². The Kier molecular flexibility index (Phi) is 5.40. The van der Waals surface area contributed by atoms with E-state index in [0.717, 1.165) is 25.8 Å². The van der Waals surface area contributed by atoms with Gasteiger partial charge in [0.2, 0.25) is 10.0 Å². The first-order chi connectivity index (χ1) is 9.96. The monoisotopic (exact) mass is 314 g/mol. The second kappa shape index (κ2) is 6.89. The van der Waals surface area contributed by atoms with Gasteiger partial charge in [0.1, 0.15) is 4.90 Å². The number of nitrogens with zero attached hydrogens (tertiary/aromatic N) is 2. The lowest BCUT2D eigenvalue weighted by Gasteiger charge is -2.29. The number of aromatic nitrogens is 2. The van der Waals surface area contributed by atoms with Crippen molar-refractivity contribution < 1.29 is 8.42 Å². The first-order valence-electron chi connectivity index (χ1n) is 7.71. The minimum absolute atomic E-state index is 0.362. The van der Waals surface area contributed by atoms with Crippen LogP contribution in [0.1, 0.15) is 44.5 Å². The molecule has 0 amide bonds. The van der Waals surface area contributed by atoms with Crippen LogP contribution in [0.2, 0.25) is 0 Å². The lowest BCUT2D eigenvalue weighted by molar-refractivity contribution is 0.287. The summed E-state index contributed by atoms with van der Waals surface area (Å²) in [6, 6.07) is 0. The Morgan fingerprint density at radius 2 is 2.05 bits per heavy atom. The molecule has 0 radical (unpaired) electrons. The van der Waals surface area contributed by atoms with Crippen LogP contribution in [-0.2, 0) is 16.6 Å². The summed E-state index contributed by atoms with van der Waals surface area (Å²) in [6.07, 6.45) is 2.87. The molecule has 21 heavy (non-hydrogen) atoms. The number of aromatic amines is 1. The average Bonchev–Trinajstić information content (AvgIpc) is 2.81. The third kappa shape index (κ3) is 3.64. The highest BCUT2D eigenvalue weighted by molar-refractivity contribution is 7.89. The fourth-order valence-corrected chi connectivity index (χ4v) is 4.47. The number of rotatable bonds is 6. The summed E-state index contributed by atoms with van der Waals surface area (Å²) in [6.45, 7) is 8.58. The van der Waals surface area contributed by atoms with Crippen LogP contribution in [0.5, 0.6) is 0 Å². The Labute approximate surface area is 127 Å². The molecule has 1 fully saturated rings. The van der Waals surface area contributed by atoms with Gasteiger partial charge in [0.05, 0.1) is 11.4 Å². The van der Waals surface area contributed by atoms with E-state index < -0.39 is 10.0 Å². The maximum Gasteiger partial charge on any atom is 0.246 e. The summed E-state index contributed by atoms with van der Waals surface area (Å²) in [5, 5.41) is 10.2. The molecule has 0 aromatic carbocycles. The third-order valence-corrected chi connectivity index (χ3v) is 6.12. The van der Waals surface area contributed by atoms with Crippen LogP contribution < -0.4 is 5.32 Å². The van der Waals surface area contributed by atoms with Gasteiger partial charge in [-0.25, -0.2) is 8.42 Å². The Balaban J connectivity index is 2.21. The van der Waals surface area contributed by atoms with Crippen molar-refractivity contribution in [2.24, 2.45) is 5.92 Å². The average molecular weight is 314 g/mol. The van der Waals surface area contributed by atoms with E-state index in [1.165, 1.54) is 0 Å². The largest absolute Gasteiger partial charge is 0.311 e. The number of hydrogen-bond donors (Lipinski definition) is 2. The van der Waals surface area contributed by atoms with Gasteiger partial charge < -0.3 is 5.32 Å². The first-order valence-corrected chi connectivity index (χ1v) is 9.15. The van der Waals surface area contributed by atoms with Crippen molar-refractivity contribution in [1.82, 2.24) is 19.8 Å². The third-order valence-electron chi connectivity index (χ3n) is 4.02. The molecule has 6 nitrogen and oxygen atoms in total. The molecule has 7 heteroatoms. The van der Waals surface area contributed by atoms with Gasteiger partial charge in [0, 0.05) is 19.6 Å². The van der Waals surface area contributed by atoms with Gasteiger partial charge in [-0.3, -0.25) is 5.10 Å². The Morgan fingerprint density at radius 1 is 1.38 bits per heavy atom. The fourth-order valence-electron chi connectivity index (χ4n) is 2.67. The number of sulfonamides is 1. The maximum absolute atomic E-state index is 12.9. The molecule has 0 atom stereocenters. The predicted molar refractivity (Wildman–Crippen MR) is 82.5 cm³/mol. The molecule has 0 unspecified atom stereocenters. The number of H-pyrrole nitrogens is 1. The van der Waals surface area contributed by atoms with Crippen LogP contribution in [0.3, 0.4) is 0 Å². The van der Waals surface area contributed by atoms with Crippen molar-refractivity contribution >= 4 is 10.0 Å². The number of piperidine rings is 1. The van der Waals surface area contributed by atoms with E-state index in [1.807, 2.05) is 0 Å². The SMILES string of the molecule is CCCNCc1n[nH]c(C)c1S(=O)(=O)N1CCC(C)CC1. The van der Waals surface area contributed by atoms with Crippen LogP contribution in [0.15, 0.2) is 4.90 Å². The van der Waals surface area contributed by atoms with Gasteiger partial charge in [0.15, 0.2) is 0 Å². The smallest absolute Gasteiger partial charge is 0.246 e. The zero-order valence-corrected chi connectivity index (χ0v) is 14.0. The second-order valence-corrected chi connectivity index (χ2v) is 7.76. The molecule has 1 aliphatic rings. The highest BCUT2D eigenvalue weighted by atomic mass is 32.2. The van der Waals surface area contributed by atoms with Crippen LogP contribution in [0.25, 0.3) is 0 Å². The standard InChI is InChI=1S/C14H26N4O2S/c1-4-7-15-10-13-14(12(3)16-17-13)21(19,20)18-8-5-11(2)6-9-18/h11,15H,4-10H2,1-3H3,(H,16,17). The molecule has 0 aliphatic carbocycles. The first kappa shape index (κ1) is 16.5. The zero-order chi connectivity index (χ0) is 15.5. The van der Waals surface area contributed by atoms with E-state index >= 15 is 0 Å². The molecule has 2 heterocycles. The minimum Gasteiger partial charge on any atom is -0.311 e. The van der Waals surface area contributed by atoms with Crippen molar-refractivity contribution in [2.75, 3.05) is 19.6 Å². The molecule has 0 saturated carbocycles. The summed E-state index contributed by atoms with van der Waals surface area (Å²) in [4.78, 5) is 0.362. The molecular formula is C14H26N4O2S. The van der Waals surface area contributed by atoms with Crippen molar-refractivity contribution in [2.45, 2.75) is 51.5 Å². The van der Waals surface area contributed by atoms with E-state index in [-0.39, 0.29) is 0 Å². The van der Waals surface area contributed by atoms with Crippen LogP contribution in [0, 0.1) is 12.8 Å². The molecule has 0 spiro atoms. The van der Waals surface area contributed by atoms with E-state index in [1.54, 1.807) is 11.2 Å². The normalized spacial score (nSPS) is 18.2. The maximum atomic E-state index is 12.9. The zero-order valence-electron chi connectivity index (χ0n) is 13.1. The molecule has 2 rings (SSSR count). The fraction of sp³-hybridized carbons (Fsp3) is 0.786. The quantitative estimate of drug-likeness (QED) is 0.783. The van der Waals surface area contributed by atoms with Crippen molar-refractivity contribution in [3.8, 4) is 0 Å². The Bertz CT molecular complexity index is 560. The minimum atomic E-state index is -3.44. The summed E-state index contributed by atoms with van der Waals surface area (Å²) in [5.74, 6) is 0.604. The molecule has 120 valence electrons. The van der Waals surface area contributed by atoms with E-state index in [4.69, 9.17) is 0 Å². The summed E-state index contributed by atoms with van der Waals surface area (Å²) in [5.41, 5.74) is 1.22. The van der Waals surface area contributed by atoms with Crippen LogP contribution >= 0.6 is 0 Å². The molecule has 2 N–H and O–H groups in total. The van der Waals surface area contributed by atoms with Crippen molar-refractivity contribution in [3.63, 3.8) is 0 Å². The number of hydrogen-bond acceptors (Lipinski definition) is 4. The van der Waals surface area contributed by atoms with E-state index in [0.29, 0.717) is 41.8 Å². The summed E-state index contributed by atoms with van der Waals surface area (Å²) in [7, 11) is -3.44. The van der Waals surface area contributed by atoms with Crippen molar-refractivity contribution in [1.29, 1.82) is 0 Å². The van der Waals surface area contributed by atoms with E-state index in [9.17, 15) is 8.42 Å². The van der Waals surface area contributed by atoms with Gasteiger partial charge in [0.25, 0.3) is 0 Å². The van der Waals surface area contributed by atoms with Gasteiger partial charge in [-0.2, -0.15) is 9.40 Å². The molecule has 1 aromatic rings. The second-order valence-electron chi connectivity index (χ2n) is 5.89. The van der Waals surface area contributed by atoms with Gasteiger partial charge >= 0.3 is 0 Å². The van der Waals surface area contributed by atoms with Gasteiger partial charge in [-0.1, -0.05) is 13.8 Å². The molecular weight excluding hydrogens is 288 g/mol. The predicted octanol–water partition coefficient (Wildman–Crippen LogP) is 1.64. The molecule has 0 bridgehead atoms. The Hall–Kier alpha value is -0.920. The molecule has 1 aliphatic heterocycles. The topological polar surface area (TPSA) is 78.1 Å². The highest BCUT2D eigenvalue weighted by Gasteiger charge is 2.32. The number of aryl methyl sites for hydroxylation is 1.